The molecule has 60 heavy (non-hydrogen) atoms. The molecule has 5 nitrogen and oxygen atoms in total. The predicted molar refractivity (Wildman–Crippen MR) is 244 cm³/mol. The number of quaternary nitrogens is 1. The van der Waals surface area contributed by atoms with Crippen molar-refractivity contribution >= 4 is 22.7 Å². The minimum absolute atomic E-state index is 0.0813. The van der Waals surface area contributed by atoms with Crippen LogP contribution in [0.15, 0.2) is 182 Å². The van der Waals surface area contributed by atoms with E-state index in [0.717, 1.165) is 22.3 Å². The van der Waals surface area contributed by atoms with Crippen molar-refractivity contribution in [3.8, 4) is 23.0 Å². The molecule has 8 aromatic rings. The lowest BCUT2D eigenvalue weighted by molar-refractivity contribution is -0.270. The highest BCUT2D eigenvalue weighted by molar-refractivity contribution is 5.81. The van der Waals surface area contributed by atoms with Crippen molar-refractivity contribution in [3.05, 3.63) is 238 Å². The molecule has 0 spiro atoms. The van der Waals surface area contributed by atoms with Crippen molar-refractivity contribution in [2.75, 3.05) is 0 Å². The summed E-state index contributed by atoms with van der Waals surface area (Å²) in [6.45, 7) is 8.00. The zero-order valence-corrected chi connectivity index (χ0v) is 34.6. The first kappa shape index (κ1) is 41.1. The van der Waals surface area contributed by atoms with Crippen LogP contribution < -0.4 is 9.59 Å². The molecular weight excluding hydrogens is 739 g/mol. The van der Waals surface area contributed by atoms with Gasteiger partial charge in [0.2, 0.25) is 0 Å². The Morgan fingerprint density at radius 2 is 0.700 bits per heavy atom. The van der Waals surface area contributed by atoms with E-state index in [4.69, 9.17) is 0 Å². The van der Waals surface area contributed by atoms with Gasteiger partial charge >= 0.3 is 0 Å². The largest absolute Gasteiger partial charge is 0.872 e. The molecule has 0 aliphatic heterocycles. The molecule has 0 bridgehead atoms. The minimum atomic E-state index is -0.0813. The lowest BCUT2D eigenvalue weighted by Crippen LogP contribution is -2.33. The Kier molecular flexibility index (Phi) is 12.5. The third kappa shape index (κ3) is 8.97. The number of phenols is 3. The fraction of sp³-hybridized carbons (Fsp3) is 0.127. The van der Waals surface area contributed by atoms with Gasteiger partial charge in [0.15, 0.2) is 0 Å². The Morgan fingerprint density at radius 3 is 1.13 bits per heavy atom. The highest BCUT2D eigenvalue weighted by Crippen LogP contribution is 2.51. The molecule has 8 aromatic carbocycles. The van der Waals surface area contributed by atoms with E-state index in [1.807, 2.05) is 63.2 Å². The topological polar surface area (TPSA) is 83.8 Å². The summed E-state index contributed by atoms with van der Waals surface area (Å²) in [4.78, 5) is 0. The Hall–Kier alpha value is -7.08. The summed E-state index contributed by atoms with van der Waals surface area (Å²) in [7, 11) is 0. The van der Waals surface area contributed by atoms with Crippen molar-refractivity contribution in [3.63, 3.8) is 0 Å². The molecule has 300 valence electrons. The van der Waals surface area contributed by atoms with Gasteiger partial charge in [0, 0.05) is 67.8 Å². The van der Waals surface area contributed by atoms with Crippen LogP contribution in [0.2, 0.25) is 0 Å². The summed E-state index contributed by atoms with van der Waals surface area (Å²) in [5.74, 6) is 0.438. The van der Waals surface area contributed by atoms with Crippen molar-refractivity contribution < 1.29 is 20.4 Å². The lowest BCUT2D eigenvalue weighted by atomic mass is 9.93. The second kappa shape index (κ2) is 18.2. The normalized spacial score (nSPS) is 11.1. The first-order valence-corrected chi connectivity index (χ1v) is 20.3. The minimum Gasteiger partial charge on any atom is -0.872 e. The monoisotopic (exact) mass is 789 g/mol. The third-order valence-electron chi connectivity index (χ3n) is 11.1. The Bertz CT molecular complexity index is 2600. The van der Waals surface area contributed by atoms with Crippen molar-refractivity contribution in [2.45, 2.75) is 47.0 Å². The molecule has 0 atom stereocenters. The fourth-order valence-corrected chi connectivity index (χ4v) is 8.07. The average Bonchev–Trinajstić information content (AvgIpc) is 3.26. The Balaban J connectivity index is 0.000000188. The van der Waals surface area contributed by atoms with Crippen LogP contribution in [-0.4, -0.2) is 15.3 Å². The van der Waals surface area contributed by atoms with E-state index in [1.54, 1.807) is 24.3 Å². The van der Waals surface area contributed by atoms with Gasteiger partial charge in [-0.05, 0) is 62.1 Å². The summed E-state index contributed by atoms with van der Waals surface area (Å²) < 4.78 is 0.558. The van der Waals surface area contributed by atoms with Gasteiger partial charge in [-0.3, -0.25) is 0 Å². The predicted octanol–water partition coefficient (Wildman–Crippen LogP) is 12.9. The van der Waals surface area contributed by atoms with E-state index < -0.39 is 0 Å². The summed E-state index contributed by atoms with van der Waals surface area (Å²) >= 11 is 0. The van der Waals surface area contributed by atoms with Gasteiger partial charge in [-0.15, -0.1) is 5.75 Å². The van der Waals surface area contributed by atoms with Crippen LogP contribution in [0.5, 0.6) is 23.0 Å². The van der Waals surface area contributed by atoms with E-state index in [1.165, 1.54) is 28.3 Å². The number of hydrogen-bond donors (Lipinski definition) is 3. The van der Waals surface area contributed by atoms with Crippen molar-refractivity contribution in [1.82, 2.24) is 4.48 Å². The van der Waals surface area contributed by atoms with E-state index >= 15 is 0 Å². The molecule has 0 heterocycles. The molecule has 0 saturated heterocycles. The van der Waals surface area contributed by atoms with Crippen LogP contribution in [0.1, 0.15) is 55.6 Å². The third-order valence-corrected chi connectivity index (χ3v) is 11.1. The highest BCUT2D eigenvalue weighted by atomic mass is 16.3. The van der Waals surface area contributed by atoms with Crippen LogP contribution in [0.25, 0.3) is 0 Å². The summed E-state index contributed by atoms with van der Waals surface area (Å²) in [6.07, 6.45) is 1.04. The maximum Gasteiger partial charge on any atom is 0.148 e. The van der Waals surface area contributed by atoms with Gasteiger partial charge in [-0.2, -0.15) is 4.48 Å². The molecule has 0 aromatic heterocycles. The van der Waals surface area contributed by atoms with E-state index in [2.05, 4.69) is 122 Å². The van der Waals surface area contributed by atoms with Gasteiger partial charge in [0.05, 0.1) is 0 Å². The zero-order valence-electron chi connectivity index (χ0n) is 34.6. The molecule has 0 amide bonds. The molecule has 0 fully saturated rings. The Morgan fingerprint density at radius 1 is 0.350 bits per heavy atom. The average molecular weight is 790 g/mol. The molecule has 0 aliphatic carbocycles. The molecule has 5 heteroatoms. The van der Waals surface area contributed by atoms with Gasteiger partial charge in [-0.1, -0.05) is 155 Å². The molecule has 0 saturated carbocycles. The van der Waals surface area contributed by atoms with E-state index in [-0.39, 0.29) is 23.0 Å². The molecule has 3 N–H and O–H groups in total. The number of benzene rings is 8. The maximum atomic E-state index is 13.2. The van der Waals surface area contributed by atoms with E-state index in [0.29, 0.717) is 51.6 Å². The summed E-state index contributed by atoms with van der Waals surface area (Å²) in [6, 6.07) is 61.0. The highest BCUT2D eigenvalue weighted by Gasteiger charge is 2.38. The number of aryl methyl sites for hydroxylation is 4. The van der Waals surface area contributed by atoms with Crippen LogP contribution >= 0.6 is 0 Å². The van der Waals surface area contributed by atoms with Gasteiger partial charge in [0.1, 0.15) is 40.0 Å². The van der Waals surface area contributed by atoms with Gasteiger partial charge < -0.3 is 20.4 Å². The number of rotatable bonds is 10. The van der Waals surface area contributed by atoms with Crippen LogP contribution in [0, 0.1) is 27.7 Å². The Labute approximate surface area is 354 Å². The summed E-state index contributed by atoms with van der Waals surface area (Å²) in [5, 5.41) is 44.7. The SMILES string of the molecule is Cc1ccc(O)c(Cc2cccc(Cc3cc(C)cc(Cc4cc(C)ccc4O)c3O)c2[O-])c1.Cc1ccc([N+](c2ccccc2)(c2ccccc2)c2ccccc2)cc1. The van der Waals surface area contributed by atoms with E-state index in [9.17, 15) is 20.4 Å². The smallest absolute Gasteiger partial charge is 0.148 e. The zero-order chi connectivity index (χ0) is 42.2. The van der Waals surface area contributed by atoms with Crippen molar-refractivity contribution in [1.29, 1.82) is 0 Å². The number of aromatic hydroxyl groups is 3. The van der Waals surface area contributed by atoms with Gasteiger partial charge in [-0.25, -0.2) is 0 Å². The van der Waals surface area contributed by atoms with Crippen LogP contribution in [0.4, 0.5) is 22.7 Å². The quantitative estimate of drug-likeness (QED) is 0.121. The van der Waals surface area contributed by atoms with Crippen molar-refractivity contribution in [2.24, 2.45) is 0 Å². The van der Waals surface area contributed by atoms with Crippen LogP contribution in [0.3, 0.4) is 0 Å². The fourth-order valence-electron chi connectivity index (χ4n) is 8.07. The molecule has 8 rings (SSSR count). The lowest BCUT2D eigenvalue weighted by Gasteiger charge is -2.37. The first-order chi connectivity index (χ1) is 29.0. The van der Waals surface area contributed by atoms with Gasteiger partial charge in [0.25, 0.3) is 0 Å². The molecular formula is C55H51NO4. The molecule has 0 unspecified atom stereocenters. The molecule has 0 aliphatic rings. The summed E-state index contributed by atoms with van der Waals surface area (Å²) in [5.41, 5.74) is 13.2. The number of phenolic OH excluding ortho intramolecular Hbond substituents is 3. The second-order valence-electron chi connectivity index (χ2n) is 15.6. The second-order valence-corrected chi connectivity index (χ2v) is 15.6. The number of hydrogen-bond acceptors (Lipinski definition) is 4. The first-order valence-electron chi connectivity index (χ1n) is 20.3. The molecule has 0 radical (unpaired) electrons. The number of para-hydroxylation sites is 4. The standard InChI is InChI=1S/C30H30O4.C25H22N/c1-18-7-9-27(31)23(11-18)15-21-5-4-6-22(29(21)33)16-25-13-20(3)14-26(30(25)34)17-24-12-19(2)8-10-28(24)32;1-21-17-19-25(20-18-21)26(22-11-5-2-6-12-22,23-13-7-3-8-14-23)24-15-9-4-10-16-24/h4-14,31-34H,15-17H2,1-3H3;2-20H,1H3/q;+1/p-1. The number of nitrogens with zero attached hydrogens (tertiary/aromatic N) is 1. The van der Waals surface area contributed by atoms with Crippen LogP contribution in [-0.2, 0) is 19.3 Å². The maximum absolute atomic E-state index is 13.2.